The summed E-state index contributed by atoms with van der Waals surface area (Å²) in [4.78, 5) is 40.5. The lowest BCUT2D eigenvalue weighted by Gasteiger charge is -2.36. The molecule has 0 aromatic heterocycles. The molecule has 0 spiro atoms. The van der Waals surface area contributed by atoms with Crippen LogP contribution in [0.15, 0.2) is 132 Å². The van der Waals surface area contributed by atoms with E-state index in [9.17, 15) is 36.0 Å². The number of sulfonamides is 1. The number of fused-ring (bicyclic) bond motifs is 3. The molecule has 0 aliphatic carbocycles. The van der Waals surface area contributed by atoms with E-state index in [1.54, 1.807) is 24.3 Å². The number of anilines is 2. The molecule has 0 atom stereocenters. The number of hydrogen-bond acceptors (Lipinski definition) is 5. The quantitative estimate of drug-likeness (QED) is 0.162. The highest BCUT2D eigenvalue weighted by atomic mass is 32.2. The predicted molar refractivity (Wildman–Crippen MR) is 188 cm³/mol. The van der Waals surface area contributed by atoms with E-state index in [-0.39, 0.29) is 23.6 Å². The molecule has 12 heteroatoms. The van der Waals surface area contributed by atoms with Gasteiger partial charge < -0.3 is 5.32 Å². The molecule has 0 bridgehead atoms. The highest BCUT2D eigenvalue weighted by Gasteiger charge is 2.45. The molecule has 6 aromatic carbocycles. The van der Waals surface area contributed by atoms with Crippen molar-refractivity contribution in [2.24, 2.45) is 0 Å². The number of benzene rings is 6. The number of nitrogens with zero attached hydrogens (tertiary/aromatic N) is 2. The first-order valence-corrected chi connectivity index (χ1v) is 17.3. The number of amides is 3. The van der Waals surface area contributed by atoms with Crippen LogP contribution in [0.5, 0.6) is 0 Å². The molecule has 1 aliphatic rings. The zero-order valence-electron chi connectivity index (χ0n) is 26.7. The van der Waals surface area contributed by atoms with Gasteiger partial charge in [-0.15, -0.1) is 0 Å². The molecule has 0 unspecified atom stereocenters. The topological polar surface area (TPSA) is 104 Å². The van der Waals surface area contributed by atoms with Gasteiger partial charge in [0.1, 0.15) is 4.90 Å². The molecule has 0 radical (unpaired) electrons. The smallest absolute Gasteiger partial charge is 0.352 e. The molecule has 6 aromatic rings. The average Bonchev–Trinajstić information content (AvgIpc) is 3.12. The maximum Gasteiger partial charge on any atom is 0.416 e. The lowest BCUT2D eigenvalue weighted by atomic mass is 10.0. The third kappa shape index (κ3) is 6.53. The molecule has 0 fully saturated rings. The van der Waals surface area contributed by atoms with Crippen molar-refractivity contribution >= 4 is 60.7 Å². The van der Waals surface area contributed by atoms with Crippen molar-refractivity contribution in [3.63, 3.8) is 0 Å². The third-order valence-corrected chi connectivity index (χ3v) is 10.5. The lowest BCUT2D eigenvalue weighted by molar-refractivity contribution is -0.137. The number of alkyl halides is 3. The minimum absolute atomic E-state index is 0.0405. The highest BCUT2D eigenvalue weighted by Crippen LogP contribution is 2.41. The maximum absolute atomic E-state index is 14.0. The molecule has 256 valence electrons. The van der Waals surface area contributed by atoms with Gasteiger partial charge in [0, 0.05) is 12.1 Å². The molecule has 1 heterocycles. The Labute approximate surface area is 290 Å². The SMILES string of the molecule is O=C(Cc1ccc(N2C(=O)N(CC(=O)c3ccc4ccccc4c3)c3cc(C(F)(F)F)ccc3S2(=O)=O)cc1)NCc1cccc2ccccc12. The Morgan fingerprint density at radius 2 is 1.41 bits per heavy atom. The van der Waals surface area contributed by atoms with Crippen LogP contribution in [0.25, 0.3) is 21.5 Å². The van der Waals surface area contributed by atoms with Crippen molar-refractivity contribution in [2.75, 3.05) is 15.7 Å². The van der Waals surface area contributed by atoms with Crippen LogP contribution in [0.2, 0.25) is 0 Å². The zero-order valence-corrected chi connectivity index (χ0v) is 27.5. The summed E-state index contributed by atoms with van der Waals surface area (Å²) in [5, 5.41) is 6.54. The van der Waals surface area contributed by atoms with Gasteiger partial charge in [0.05, 0.1) is 29.9 Å². The average molecular weight is 708 g/mol. The summed E-state index contributed by atoms with van der Waals surface area (Å²) >= 11 is 0. The van der Waals surface area contributed by atoms with Gasteiger partial charge in [-0.25, -0.2) is 13.2 Å². The molecular weight excluding hydrogens is 680 g/mol. The fourth-order valence-corrected chi connectivity index (χ4v) is 7.75. The van der Waals surface area contributed by atoms with E-state index < -0.39 is 50.7 Å². The van der Waals surface area contributed by atoms with Crippen LogP contribution in [0.3, 0.4) is 0 Å². The van der Waals surface area contributed by atoms with Crippen LogP contribution in [0.4, 0.5) is 29.3 Å². The van der Waals surface area contributed by atoms with E-state index >= 15 is 0 Å². The minimum Gasteiger partial charge on any atom is -0.352 e. The highest BCUT2D eigenvalue weighted by molar-refractivity contribution is 7.94. The van der Waals surface area contributed by atoms with E-state index in [1.165, 1.54) is 30.3 Å². The van der Waals surface area contributed by atoms with Crippen molar-refractivity contribution < 1.29 is 36.0 Å². The van der Waals surface area contributed by atoms with Crippen molar-refractivity contribution in [1.29, 1.82) is 0 Å². The Hall–Kier alpha value is -6.01. The molecular formula is C39H28F3N3O5S. The Balaban J connectivity index is 1.15. The lowest BCUT2D eigenvalue weighted by Crippen LogP contribution is -2.52. The Morgan fingerprint density at radius 3 is 2.16 bits per heavy atom. The van der Waals surface area contributed by atoms with Crippen molar-refractivity contribution in [2.45, 2.75) is 24.0 Å². The largest absolute Gasteiger partial charge is 0.416 e. The van der Waals surface area contributed by atoms with Crippen LogP contribution in [-0.2, 0) is 34.0 Å². The summed E-state index contributed by atoms with van der Waals surface area (Å²) < 4.78 is 69.4. The number of carbonyl (C=O) groups is 3. The first kappa shape index (κ1) is 33.5. The molecule has 8 nitrogen and oxygen atoms in total. The molecule has 0 saturated heterocycles. The molecule has 51 heavy (non-hydrogen) atoms. The number of carbonyl (C=O) groups excluding carboxylic acids is 3. The van der Waals surface area contributed by atoms with E-state index in [0.29, 0.717) is 28.5 Å². The minimum atomic E-state index is -4.84. The molecule has 7 rings (SSSR count). The first-order chi connectivity index (χ1) is 24.4. The van der Waals surface area contributed by atoms with Gasteiger partial charge in [-0.3, -0.25) is 14.5 Å². The van der Waals surface area contributed by atoms with Crippen LogP contribution in [-0.4, -0.2) is 32.7 Å². The summed E-state index contributed by atoms with van der Waals surface area (Å²) in [6, 6.07) is 32.1. The molecule has 1 aliphatic heterocycles. The van der Waals surface area contributed by atoms with Crippen molar-refractivity contribution in [1.82, 2.24) is 5.32 Å². The molecule has 3 amide bonds. The second-order valence-corrected chi connectivity index (χ2v) is 13.8. The van der Waals surface area contributed by atoms with Crippen LogP contribution in [0, 0.1) is 0 Å². The van der Waals surface area contributed by atoms with Gasteiger partial charge >= 0.3 is 12.2 Å². The predicted octanol–water partition coefficient (Wildman–Crippen LogP) is 7.89. The van der Waals surface area contributed by atoms with E-state index in [1.807, 2.05) is 54.6 Å². The Morgan fingerprint density at radius 1 is 0.725 bits per heavy atom. The number of halogens is 3. The van der Waals surface area contributed by atoms with Gasteiger partial charge in [-0.05, 0) is 69.1 Å². The second-order valence-electron chi connectivity index (χ2n) is 12.1. The zero-order chi connectivity index (χ0) is 35.9. The van der Waals surface area contributed by atoms with Gasteiger partial charge in [0.25, 0.3) is 10.0 Å². The van der Waals surface area contributed by atoms with Gasteiger partial charge in [0.2, 0.25) is 5.91 Å². The second kappa shape index (κ2) is 13.0. The number of hydrogen-bond donors (Lipinski definition) is 1. The van der Waals surface area contributed by atoms with Crippen molar-refractivity contribution in [3.8, 4) is 0 Å². The third-order valence-electron chi connectivity index (χ3n) is 8.76. The Kier molecular flexibility index (Phi) is 8.56. The summed E-state index contributed by atoms with van der Waals surface area (Å²) in [5.41, 5.74) is -0.193. The first-order valence-electron chi connectivity index (χ1n) is 15.8. The normalized spacial score (nSPS) is 14.1. The summed E-state index contributed by atoms with van der Waals surface area (Å²) in [5.74, 6) is -0.897. The van der Waals surface area contributed by atoms with Crippen LogP contribution in [0.1, 0.15) is 27.0 Å². The molecule has 0 saturated carbocycles. The number of nitrogens with one attached hydrogen (secondary N) is 1. The monoisotopic (exact) mass is 707 g/mol. The number of urea groups is 1. The summed E-state index contributed by atoms with van der Waals surface area (Å²) in [6.45, 7) is -0.436. The van der Waals surface area contributed by atoms with Gasteiger partial charge in [-0.1, -0.05) is 91.0 Å². The van der Waals surface area contributed by atoms with Gasteiger partial charge in [-0.2, -0.15) is 17.5 Å². The van der Waals surface area contributed by atoms with E-state index in [2.05, 4.69) is 5.32 Å². The standard InChI is InChI=1S/C39H28F3N3O5S/c40-39(41,42)31-16-19-36-34(22-31)44(24-35(46)29-15-14-26-6-1-2-8-28(26)21-29)38(48)45(51(36,49)50)32-17-12-25(13-18-32)20-37(47)43-23-30-10-5-9-27-7-3-4-11-33(27)30/h1-19,21-22H,20,23-24H2,(H,43,47). The number of rotatable bonds is 8. The number of ketones is 1. The summed E-state index contributed by atoms with van der Waals surface area (Å²) in [6.07, 6.45) is -4.88. The van der Waals surface area contributed by atoms with Crippen molar-refractivity contribution in [3.05, 3.63) is 150 Å². The van der Waals surface area contributed by atoms with Crippen LogP contribution < -0.4 is 14.5 Å². The fraction of sp³-hybridized carbons (Fsp3) is 0.103. The molecule has 1 N–H and O–H groups in total. The fourth-order valence-electron chi connectivity index (χ4n) is 6.17. The summed E-state index contributed by atoms with van der Waals surface area (Å²) in [7, 11) is -4.72. The maximum atomic E-state index is 14.0. The van der Waals surface area contributed by atoms with E-state index in [4.69, 9.17) is 0 Å². The number of Topliss-reactive ketones (excluding diaryl/α,β-unsaturated/α-hetero) is 1. The van der Waals surface area contributed by atoms with Gasteiger partial charge in [0.15, 0.2) is 5.78 Å². The van der Waals surface area contributed by atoms with E-state index in [0.717, 1.165) is 38.1 Å². The Bertz CT molecular complexity index is 2460. The van der Waals surface area contributed by atoms with Crippen LogP contribution >= 0.6 is 0 Å².